The molecule has 1 aromatic heterocycles. The Kier molecular flexibility index (Phi) is 4.71. The molecule has 4 aromatic rings. The first-order chi connectivity index (χ1) is 14.7. The third kappa shape index (κ3) is 3.22. The van der Waals surface area contributed by atoms with Gasteiger partial charge < -0.3 is 14.2 Å². The number of hydrogen-bond donors (Lipinski definition) is 0. The summed E-state index contributed by atoms with van der Waals surface area (Å²) in [6.07, 6.45) is 2.00. The SMILES string of the molecule is COc1cccc(-c2nc3ccccc3n2CC(=O)N2CCCc3ccccc32)c1. The quantitative estimate of drug-likeness (QED) is 0.502. The van der Waals surface area contributed by atoms with Gasteiger partial charge in [0.1, 0.15) is 18.1 Å². The molecule has 0 spiro atoms. The van der Waals surface area contributed by atoms with Crippen molar-refractivity contribution in [1.29, 1.82) is 0 Å². The molecule has 5 rings (SSSR count). The van der Waals surface area contributed by atoms with Crippen LogP contribution in [0.1, 0.15) is 12.0 Å². The van der Waals surface area contributed by atoms with E-state index in [2.05, 4.69) is 6.07 Å². The molecular weight excluding hydrogens is 374 g/mol. The van der Waals surface area contributed by atoms with E-state index in [0.717, 1.165) is 53.2 Å². The number of aryl methyl sites for hydroxylation is 1. The van der Waals surface area contributed by atoms with Crippen molar-refractivity contribution >= 4 is 22.6 Å². The van der Waals surface area contributed by atoms with Gasteiger partial charge in [0.15, 0.2) is 0 Å². The third-order valence-electron chi connectivity index (χ3n) is 5.69. The summed E-state index contributed by atoms with van der Waals surface area (Å²) in [5.74, 6) is 1.62. The lowest BCUT2D eigenvalue weighted by atomic mass is 10.0. The van der Waals surface area contributed by atoms with Crippen molar-refractivity contribution in [1.82, 2.24) is 9.55 Å². The summed E-state index contributed by atoms with van der Waals surface area (Å²) in [6.45, 7) is 0.984. The molecular formula is C25H23N3O2. The van der Waals surface area contributed by atoms with Gasteiger partial charge in [-0.25, -0.2) is 4.98 Å². The molecule has 1 aliphatic rings. The van der Waals surface area contributed by atoms with Gasteiger partial charge in [0.2, 0.25) is 5.91 Å². The predicted molar refractivity (Wildman–Crippen MR) is 119 cm³/mol. The van der Waals surface area contributed by atoms with Crippen molar-refractivity contribution in [2.45, 2.75) is 19.4 Å². The average molecular weight is 397 g/mol. The maximum absolute atomic E-state index is 13.4. The van der Waals surface area contributed by atoms with Gasteiger partial charge >= 0.3 is 0 Å². The fraction of sp³-hybridized carbons (Fsp3) is 0.200. The number of hydrogen-bond acceptors (Lipinski definition) is 3. The molecule has 1 amide bonds. The van der Waals surface area contributed by atoms with Crippen LogP contribution in [-0.2, 0) is 17.8 Å². The number of benzene rings is 3. The normalized spacial score (nSPS) is 13.3. The Bertz CT molecular complexity index is 1230. The van der Waals surface area contributed by atoms with E-state index in [1.54, 1.807) is 7.11 Å². The smallest absolute Gasteiger partial charge is 0.247 e. The molecule has 0 unspecified atom stereocenters. The number of amides is 1. The Morgan fingerprint density at radius 1 is 1.03 bits per heavy atom. The van der Waals surface area contributed by atoms with E-state index in [1.807, 2.05) is 76.2 Å². The standard InChI is InChI=1S/C25H23N3O2/c1-30-20-11-6-9-19(16-20)25-26-21-12-3-5-14-23(21)28(25)17-24(29)27-15-7-10-18-8-2-4-13-22(18)27/h2-6,8-9,11-14,16H,7,10,15,17H2,1H3. The number of methoxy groups -OCH3 is 1. The van der Waals surface area contributed by atoms with Gasteiger partial charge in [-0.3, -0.25) is 4.79 Å². The first-order valence-corrected chi connectivity index (χ1v) is 10.2. The van der Waals surface area contributed by atoms with Gasteiger partial charge in [-0.15, -0.1) is 0 Å². The van der Waals surface area contributed by atoms with Crippen molar-refractivity contribution in [3.8, 4) is 17.1 Å². The van der Waals surface area contributed by atoms with Gasteiger partial charge in [-0.2, -0.15) is 0 Å². The molecule has 0 saturated carbocycles. The maximum atomic E-state index is 13.4. The summed E-state index contributed by atoms with van der Waals surface area (Å²) in [7, 11) is 1.65. The molecule has 5 heteroatoms. The topological polar surface area (TPSA) is 47.4 Å². The van der Waals surface area contributed by atoms with E-state index < -0.39 is 0 Å². The number of ether oxygens (including phenoxy) is 1. The molecule has 0 bridgehead atoms. The highest BCUT2D eigenvalue weighted by Crippen LogP contribution is 2.30. The van der Waals surface area contributed by atoms with Crippen molar-refractivity contribution in [3.63, 3.8) is 0 Å². The van der Waals surface area contributed by atoms with Gasteiger partial charge in [-0.05, 0) is 48.7 Å². The largest absolute Gasteiger partial charge is 0.497 e. The van der Waals surface area contributed by atoms with E-state index in [9.17, 15) is 4.79 Å². The monoisotopic (exact) mass is 397 g/mol. The zero-order valence-electron chi connectivity index (χ0n) is 16.9. The van der Waals surface area contributed by atoms with Gasteiger partial charge in [0, 0.05) is 17.8 Å². The van der Waals surface area contributed by atoms with Crippen molar-refractivity contribution in [3.05, 3.63) is 78.4 Å². The Balaban J connectivity index is 1.57. The molecule has 0 fully saturated rings. The van der Waals surface area contributed by atoms with Crippen LogP contribution in [0.3, 0.4) is 0 Å². The van der Waals surface area contributed by atoms with E-state index in [0.29, 0.717) is 0 Å². The van der Waals surface area contributed by atoms with Crippen LogP contribution in [0.25, 0.3) is 22.4 Å². The minimum Gasteiger partial charge on any atom is -0.497 e. The van der Waals surface area contributed by atoms with Crippen LogP contribution in [0.15, 0.2) is 72.8 Å². The average Bonchev–Trinajstić information content (AvgIpc) is 3.17. The third-order valence-corrected chi connectivity index (χ3v) is 5.69. The lowest BCUT2D eigenvalue weighted by Crippen LogP contribution is -2.37. The molecule has 5 nitrogen and oxygen atoms in total. The zero-order valence-corrected chi connectivity index (χ0v) is 16.9. The molecule has 2 heterocycles. The molecule has 0 saturated heterocycles. The van der Waals surface area contributed by atoms with Crippen LogP contribution in [0, 0.1) is 0 Å². The summed E-state index contributed by atoms with van der Waals surface area (Å²) in [5.41, 5.74) is 5.02. The Labute approximate surface area is 175 Å². The zero-order chi connectivity index (χ0) is 20.5. The molecule has 0 N–H and O–H groups in total. The highest BCUT2D eigenvalue weighted by Gasteiger charge is 2.24. The molecule has 1 aliphatic heterocycles. The van der Waals surface area contributed by atoms with Gasteiger partial charge in [-0.1, -0.05) is 42.5 Å². The van der Waals surface area contributed by atoms with E-state index in [1.165, 1.54) is 5.56 Å². The second-order valence-corrected chi connectivity index (χ2v) is 7.52. The number of aromatic nitrogens is 2. The second-order valence-electron chi connectivity index (χ2n) is 7.52. The van der Waals surface area contributed by atoms with Crippen LogP contribution in [-0.4, -0.2) is 29.1 Å². The summed E-state index contributed by atoms with van der Waals surface area (Å²) < 4.78 is 7.41. The first kappa shape index (κ1) is 18.4. The lowest BCUT2D eigenvalue weighted by Gasteiger charge is -2.29. The van der Waals surface area contributed by atoms with Crippen LogP contribution >= 0.6 is 0 Å². The van der Waals surface area contributed by atoms with E-state index in [-0.39, 0.29) is 12.5 Å². The minimum atomic E-state index is 0.0782. The lowest BCUT2D eigenvalue weighted by molar-refractivity contribution is -0.119. The van der Waals surface area contributed by atoms with Crippen LogP contribution in [0.5, 0.6) is 5.75 Å². The summed E-state index contributed by atoms with van der Waals surface area (Å²) in [4.78, 5) is 20.2. The molecule has 3 aromatic carbocycles. The van der Waals surface area contributed by atoms with Crippen molar-refractivity contribution in [2.24, 2.45) is 0 Å². The fourth-order valence-corrected chi connectivity index (χ4v) is 4.23. The van der Waals surface area contributed by atoms with Crippen LogP contribution < -0.4 is 9.64 Å². The van der Waals surface area contributed by atoms with E-state index in [4.69, 9.17) is 9.72 Å². The summed E-state index contributed by atoms with van der Waals surface area (Å²) in [6, 6.07) is 24.0. The van der Waals surface area contributed by atoms with Gasteiger partial charge in [0.05, 0.1) is 18.1 Å². The Morgan fingerprint density at radius 2 is 1.87 bits per heavy atom. The molecule has 0 radical (unpaired) electrons. The number of nitrogens with zero attached hydrogens (tertiary/aromatic N) is 3. The number of rotatable bonds is 4. The first-order valence-electron chi connectivity index (χ1n) is 10.2. The molecule has 0 aliphatic carbocycles. The second kappa shape index (κ2) is 7.67. The van der Waals surface area contributed by atoms with Crippen LogP contribution in [0.2, 0.25) is 0 Å². The number of fused-ring (bicyclic) bond motifs is 2. The van der Waals surface area contributed by atoms with Crippen molar-refractivity contribution < 1.29 is 9.53 Å². The maximum Gasteiger partial charge on any atom is 0.247 e. The minimum absolute atomic E-state index is 0.0782. The Hall–Kier alpha value is -3.60. The number of anilines is 1. The summed E-state index contributed by atoms with van der Waals surface area (Å²) >= 11 is 0. The number of para-hydroxylation sites is 3. The van der Waals surface area contributed by atoms with Crippen molar-refractivity contribution in [2.75, 3.05) is 18.6 Å². The fourth-order valence-electron chi connectivity index (χ4n) is 4.23. The van der Waals surface area contributed by atoms with E-state index >= 15 is 0 Å². The highest BCUT2D eigenvalue weighted by molar-refractivity contribution is 5.96. The number of carbonyl (C=O) groups is 1. The summed E-state index contributed by atoms with van der Waals surface area (Å²) in [5, 5.41) is 0. The Morgan fingerprint density at radius 3 is 2.77 bits per heavy atom. The molecule has 0 atom stereocenters. The van der Waals surface area contributed by atoms with Crippen LogP contribution in [0.4, 0.5) is 5.69 Å². The molecule has 150 valence electrons. The molecule has 30 heavy (non-hydrogen) atoms. The number of carbonyl (C=O) groups excluding carboxylic acids is 1. The van der Waals surface area contributed by atoms with Gasteiger partial charge in [0.25, 0.3) is 0 Å². The number of imidazole rings is 1. The predicted octanol–water partition coefficient (Wildman–Crippen LogP) is 4.69. The highest BCUT2D eigenvalue weighted by atomic mass is 16.5.